The molecule has 0 aromatic heterocycles. The van der Waals surface area contributed by atoms with Crippen molar-refractivity contribution in [3.8, 4) is 0 Å². The van der Waals surface area contributed by atoms with Gasteiger partial charge < -0.3 is 9.84 Å². The molecule has 3 nitrogen and oxygen atoms in total. The normalized spacial score (nSPS) is 61.4. The number of hydrogen-bond donors (Lipinski definition) is 1. The van der Waals surface area contributed by atoms with Crippen LogP contribution < -0.4 is 0 Å². The molecule has 1 N–H and O–H groups in total. The summed E-state index contributed by atoms with van der Waals surface area (Å²) in [5, 5.41) is 10.3. The van der Waals surface area contributed by atoms with Gasteiger partial charge in [0.2, 0.25) is 0 Å². The van der Waals surface area contributed by atoms with Gasteiger partial charge in [-0.15, -0.1) is 0 Å². The third kappa shape index (κ3) is 0.982. The smallest absolute Gasteiger partial charge is 0.144 e. The lowest BCUT2D eigenvalue weighted by Crippen LogP contribution is -2.54. The van der Waals surface area contributed by atoms with Crippen LogP contribution in [0.3, 0.4) is 0 Å². The van der Waals surface area contributed by atoms with Crippen molar-refractivity contribution in [2.45, 2.75) is 70.7 Å². The van der Waals surface area contributed by atoms with Gasteiger partial charge >= 0.3 is 0 Å². The Kier molecular flexibility index (Phi) is 2.12. The highest BCUT2D eigenvalue weighted by molar-refractivity contribution is 5.92. The zero-order valence-corrected chi connectivity index (χ0v) is 13.8. The van der Waals surface area contributed by atoms with E-state index < -0.39 is 0 Å². The van der Waals surface area contributed by atoms with E-state index in [9.17, 15) is 9.90 Å². The van der Waals surface area contributed by atoms with Gasteiger partial charge in [-0.05, 0) is 37.5 Å². The molecular formula is C19H26O3. The summed E-state index contributed by atoms with van der Waals surface area (Å²) in [4.78, 5) is 13.2. The minimum Gasteiger partial charge on any atom is -0.390 e. The molecule has 3 heteroatoms. The predicted molar refractivity (Wildman–Crippen MR) is 82.1 cm³/mol. The molecular weight excluding hydrogens is 276 g/mol. The Labute approximate surface area is 132 Å². The van der Waals surface area contributed by atoms with E-state index in [1.807, 2.05) is 0 Å². The summed E-state index contributed by atoms with van der Waals surface area (Å²) in [5.41, 5.74) is 0.581. The quantitative estimate of drug-likeness (QED) is 0.598. The van der Waals surface area contributed by atoms with Gasteiger partial charge in [0.25, 0.3) is 0 Å². The molecule has 1 heterocycles. The van der Waals surface area contributed by atoms with E-state index in [1.165, 1.54) is 5.57 Å². The monoisotopic (exact) mass is 302 g/mol. The number of fused-ring (bicyclic) bond motifs is 1. The first-order valence-electron chi connectivity index (χ1n) is 8.85. The molecule has 4 aliphatic carbocycles. The number of epoxide rings is 1. The van der Waals surface area contributed by atoms with E-state index in [2.05, 4.69) is 27.4 Å². The number of rotatable bonds is 1. The molecule has 120 valence electrons. The minimum atomic E-state index is -0.333. The summed E-state index contributed by atoms with van der Waals surface area (Å²) in [7, 11) is 0. The van der Waals surface area contributed by atoms with Crippen LogP contribution in [0.1, 0.15) is 52.9 Å². The molecule has 2 bridgehead atoms. The molecule has 5 rings (SSSR count). The predicted octanol–water partition coefficient (Wildman–Crippen LogP) is 2.87. The van der Waals surface area contributed by atoms with Crippen molar-refractivity contribution in [1.29, 1.82) is 0 Å². The summed E-state index contributed by atoms with van der Waals surface area (Å²) in [5.74, 6) is 1.12. The number of carbonyl (C=O) groups is 1. The molecule has 0 radical (unpaired) electrons. The first-order valence-corrected chi connectivity index (χ1v) is 8.85. The highest BCUT2D eigenvalue weighted by Crippen LogP contribution is 2.84. The van der Waals surface area contributed by atoms with E-state index in [1.54, 1.807) is 0 Å². The summed E-state index contributed by atoms with van der Waals surface area (Å²) >= 11 is 0. The standard InChI is InChI=1S/C19H26O3/c1-10(2)18-6-5-17(11(18)3)8-12-7-13(20)15-19(12,22-15)16(17,4)9-14(18)21/h10,12-13,15,20H,3,5-9H2,1-2,4H3/t12-,13+,15+,16-,17+,18-,19-/m0/s1. The van der Waals surface area contributed by atoms with Gasteiger partial charge in [0.05, 0.1) is 11.5 Å². The number of hydrogen-bond acceptors (Lipinski definition) is 3. The Morgan fingerprint density at radius 1 is 1.36 bits per heavy atom. The van der Waals surface area contributed by atoms with Gasteiger partial charge in [-0.3, -0.25) is 4.79 Å². The fourth-order valence-electron chi connectivity index (χ4n) is 7.64. The Balaban J connectivity index is 1.70. The van der Waals surface area contributed by atoms with Crippen molar-refractivity contribution in [3.05, 3.63) is 12.2 Å². The molecule has 2 spiro atoms. The van der Waals surface area contributed by atoms with Crippen LogP contribution in [0.15, 0.2) is 12.2 Å². The molecule has 1 aliphatic heterocycles. The molecule has 0 aromatic rings. The van der Waals surface area contributed by atoms with E-state index in [-0.39, 0.29) is 34.1 Å². The zero-order chi connectivity index (χ0) is 15.7. The highest BCUT2D eigenvalue weighted by Gasteiger charge is 2.88. The topological polar surface area (TPSA) is 49.8 Å². The van der Waals surface area contributed by atoms with Gasteiger partial charge in [-0.2, -0.15) is 0 Å². The van der Waals surface area contributed by atoms with Crippen molar-refractivity contribution in [2.75, 3.05) is 0 Å². The first kappa shape index (κ1) is 13.7. The molecule has 5 aliphatic rings. The number of allylic oxidation sites excluding steroid dienone is 1. The number of ether oxygens (including phenoxy) is 1. The second-order valence-corrected chi connectivity index (χ2v) is 9.15. The largest absolute Gasteiger partial charge is 0.390 e. The van der Waals surface area contributed by atoms with E-state index in [0.29, 0.717) is 24.0 Å². The van der Waals surface area contributed by atoms with Crippen molar-refractivity contribution in [3.63, 3.8) is 0 Å². The summed E-state index contributed by atoms with van der Waals surface area (Å²) in [6, 6.07) is 0. The number of Topliss-reactive ketones (excluding diaryl/α,β-unsaturated/α-hetero) is 1. The Morgan fingerprint density at radius 2 is 2.09 bits per heavy atom. The van der Waals surface area contributed by atoms with Crippen LogP contribution in [0.2, 0.25) is 0 Å². The van der Waals surface area contributed by atoms with Crippen molar-refractivity contribution < 1.29 is 14.6 Å². The maximum atomic E-state index is 13.2. The molecule has 0 amide bonds. The lowest BCUT2D eigenvalue weighted by Gasteiger charge is -2.52. The molecule has 22 heavy (non-hydrogen) atoms. The maximum Gasteiger partial charge on any atom is 0.144 e. The number of aliphatic hydroxyl groups excluding tert-OH is 1. The fourth-order valence-corrected chi connectivity index (χ4v) is 7.64. The van der Waals surface area contributed by atoms with Crippen LogP contribution in [-0.2, 0) is 9.53 Å². The van der Waals surface area contributed by atoms with Gasteiger partial charge in [-0.25, -0.2) is 0 Å². The van der Waals surface area contributed by atoms with Gasteiger partial charge in [0.15, 0.2) is 0 Å². The van der Waals surface area contributed by atoms with E-state index in [4.69, 9.17) is 4.74 Å². The molecule has 0 aromatic carbocycles. The molecule has 4 saturated carbocycles. The molecule has 7 atom stereocenters. The van der Waals surface area contributed by atoms with E-state index in [0.717, 1.165) is 25.7 Å². The number of ketones is 1. The van der Waals surface area contributed by atoms with Crippen LogP contribution in [0.5, 0.6) is 0 Å². The van der Waals surface area contributed by atoms with Crippen molar-refractivity contribution in [2.24, 2.45) is 28.1 Å². The Morgan fingerprint density at radius 3 is 2.73 bits per heavy atom. The summed E-state index contributed by atoms with van der Waals surface area (Å²) in [6.45, 7) is 11.1. The second-order valence-electron chi connectivity index (χ2n) is 9.15. The lowest BCUT2D eigenvalue weighted by molar-refractivity contribution is -0.136. The lowest BCUT2D eigenvalue weighted by atomic mass is 9.50. The molecule has 0 unspecified atom stereocenters. The van der Waals surface area contributed by atoms with Crippen LogP contribution in [0.25, 0.3) is 0 Å². The van der Waals surface area contributed by atoms with Gasteiger partial charge in [0, 0.05) is 17.3 Å². The maximum absolute atomic E-state index is 13.2. The Bertz CT molecular complexity index is 624. The average Bonchev–Trinajstić information content (AvgIpc) is 3.01. The van der Waals surface area contributed by atoms with Gasteiger partial charge in [0.1, 0.15) is 17.5 Å². The van der Waals surface area contributed by atoms with Crippen molar-refractivity contribution >= 4 is 5.78 Å². The van der Waals surface area contributed by atoms with Crippen LogP contribution in [0.4, 0.5) is 0 Å². The third-order valence-corrected chi connectivity index (χ3v) is 8.74. The van der Waals surface area contributed by atoms with Crippen LogP contribution in [-0.4, -0.2) is 28.7 Å². The number of carbonyl (C=O) groups excluding carboxylic acids is 1. The number of aliphatic hydroxyl groups is 1. The zero-order valence-electron chi connectivity index (χ0n) is 13.8. The molecule has 5 fully saturated rings. The third-order valence-electron chi connectivity index (χ3n) is 8.74. The summed E-state index contributed by atoms with van der Waals surface area (Å²) < 4.78 is 6.14. The minimum absolute atomic E-state index is 0.0328. The average molecular weight is 302 g/mol. The highest BCUT2D eigenvalue weighted by atomic mass is 16.6. The van der Waals surface area contributed by atoms with E-state index >= 15 is 0 Å². The summed E-state index contributed by atoms with van der Waals surface area (Å²) in [6.07, 6.45) is 4.21. The second kappa shape index (κ2) is 3.39. The Hall–Kier alpha value is -0.670. The van der Waals surface area contributed by atoms with Crippen LogP contribution >= 0.6 is 0 Å². The first-order chi connectivity index (χ1) is 10.3. The SMILES string of the molecule is C=C1[C@@]2(C(C)C)CC[C@@]13C[C@@H]1C[C@@H](O)[C@H]4O[C@@]14[C@@]3(C)CC2=O. The van der Waals surface area contributed by atoms with Crippen LogP contribution in [0, 0.1) is 28.1 Å². The van der Waals surface area contributed by atoms with Crippen molar-refractivity contribution in [1.82, 2.24) is 0 Å². The molecule has 1 saturated heterocycles. The fraction of sp³-hybridized carbons (Fsp3) is 0.842. The van der Waals surface area contributed by atoms with Gasteiger partial charge in [-0.1, -0.05) is 32.9 Å².